The van der Waals surface area contributed by atoms with E-state index >= 15 is 0 Å². The van der Waals surface area contributed by atoms with Gasteiger partial charge in [-0.1, -0.05) is 6.07 Å². The minimum atomic E-state index is -0.0416. The fourth-order valence-electron chi connectivity index (χ4n) is 3.67. The van der Waals surface area contributed by atoms with Gasteiger partial charge >= 0.3 is 0 Å². The van der Waals surface area contributed by atoms with E-state index < -0.39 is 0 Å². The van der Waals surface area contributed by atoms with E-state index in [1.165, 1.54) is 11.3 Å². The smallest absolute Gasteiger partial charge is 0.228 e. The van der Waals surface area contributed by atoms with Crippen molar-refractivity contribution in [1.29, 1.82) is 5.26 Å². The lowest BCUT2D eigenvalue weighted by molar-refractivity contribution is -0.117. The molecule has 0 bridgehead atoms. The number of nitrogens with zero attached hydrogens (tertiary/aromatic N) is 2. The number of aliphatic hydroxyl groups is 1. The number of carbonyl (C=O) groups is 1. The topological polar surface area (TPSA) is 86.0 Å². The number of nitriles is 1. The number of thiophene rings is 1. The van der Waals surface area contributed by atoms with Gasteiger partial charge in [-0.3, -0.25) is 9.78 Å². The zero-order valence-corrected chi connectivity index (χ0v) is 14.6. The molecule has 3 unspecified atom stereocenters. The van der Waals surface area contributed by atoms with E-state index in [2.05, 4.69) is 16.4 Å². The second-order valence-corrected chi connectivity index (χ2v) is 7.94. The first kappa shape index (κ1) is 16.2. The van der Waals surface area contributed by atoms with E-state index in [1.807, 2.05) is 18.3 Å². The van der Waals surface area contributed by atoms with Crippen LogP contribution in [0.25, 0.3) is 0 Å². The van der Waals surface area contributed by atoms with Crippen LogP contribution < -0.4 is 5.32 Å². The van der Waals surface area contributed by atoms with Gasteiger partial charge < -0.3 is 10.4 Å². The molecule has 1 saturated carbocycles. The van der Waals surface area contributed by atoms with Crippen molar-refractivity contribution < 1.29 is 9.90 Å². The third kappa shape index (κ3) is 3.06. The molecule has 4 rings (SSSR count). The van der Waals surface area contributed by atoms with E-state index in [0.717, 1.165) is 41.7 Å². The highest BCUT2D eigenvalue weighted by Gasteiger charge is 2.44. The molecule has 5 nitrogen and oxygen atoms in total. The molecule has 6 heteroatoms. The fourth-order valence-corrected chi connectivity index (χ4v) is 4.98. The maximum absolute atomic E-state index is 12.6. The fraction of sp³-hybridized carbons (Fsp3) is 0.421. The Morgan fingerprint density at radius 1 is 1.52 bits per heavy atom. The molecule has 0 radical (unpaired) electrons. The molecule has 0 saturated heterocycles. The van der Waals surface area contributed by atoms with E-state index in [4.69, 9.17) is 0 Å². The Kier molecular flexibility index (Phi) is 4.28. The van der Waals surface area contributed by atoms with Crippen LogP contribution in [0.15, 0.2) is 24.5 Å². The number of anilines is 1. The van der Waals surface area contributed by atoms with Gasteiger partial charge in [-0.2, -0.15) is 5.26 Å². The highest BCUT2D eigenvalue weighted by Crippen LogP contribution is 2.48. The van der Waals surface area contributed by atoms with Gasteiger partial charge in [0.25, 0.3) is 0 Å². The third-order valence-corrected chi connectivity index (χ3v) is 6.38. The Balaban J connectivity index is 1.49. The van der Waals surface area contributed by atoms with E-state index in [1.54, 1.807) is 6.20 Å². The highest BCUT2D eigenvalue weighted by molar-refractivity contribution is 7.16. The van der Waals surface area contributed by atoms with Crippen molar-refractivity contribution in [2.75, 3.05) is 11.9 Å². The Labute approximate surface area is 150 Å². The molecule has 2 N–H and O–H groups in total. The predicted molar refractivity (Wildman–Crippen MR) is 95.3 cm³/mol. The first-order valence-corrected chi connectivity index (χ1v) is 9.39. The van der Waals surface area contributed by atoms with Gasteiger partial charge in [-0.25, -0.2) is 0 Å². The molecule has 1 amide bonds. The lowest BCUT2D eigenvalue weighted by atomic mass is 9.88. The van der Waals surface area contributed by atoms with E-state index in [0.29, 0.717) is 10.6 Å². The van der Waals surface area contributed by atoms with Gasteiger partial charge in [0.1, 0.15) is 11.1 Å². The summed E-state index contributed by atoms with van der Waals surface area (Å²) in [6.45, 7) is 0.176. The van der Waals surface area contributed by atoms with Gasteiger partial charge in [0.15, 0.2) is 0 Å². The SMILES string of the molecule is N#Cc1c(NC(=O)C2CC2c2cccnc2)sc2c1CCC(CO)C2. The number of hydrogen-bond donors (Lipinski definition) is 2. The molecule has 0 spiro atoms. The summed E-state index contributed by atoms with van der Waals surface area (Å²) in [7, 11) is 0. The number of amides is 1. The van der Waals surface area contributed by atoms with Crippen molar-refractivity contribution in [2.24, 2.45) is 11.8 Å². The zero-order valence-electron chi connectivity index (χ0n) is 13.7. The van der Waals surface area contributed by atoms with Crippen LogP contribution in [0, 0.1) is 23.2 Å². The molecular formula is C19H19N3O2S. The standard InChI is InChI=1S/C19H19N3O2S/c20-8-16-13-4-3-11(10-23)6-17(13)25-19(16)22-18(24)15-7-14(15)12-2-1-5-21-9-12/h1-2,5,9,11,14-15,23H,3-4,6-7,10H2,(H,22,24). The first-order valence-electron chi connectivity index (χ1n) is 8.57. The van der Waals surface area contributed by atoms with Crippen LogP contribution in [0.4, 0.5) is 5.00 Å². The molecule has 0 aliphatic heterocycles. The van der Waals surface area contributed by atoms with Gasteiger partial charge in [-0.05, 0) is 54.7 Å². The first-order chi connectivity index (χ1) is 12.2. The van der Waals surface area contributed by atoms with Crippen LogP contribution in [-0.4, -0.2) is 22.6 Å². The van der Waals surface area contributed by atoms with Crippen LogP contribution in [-0.2, 0) is 17.6 Å². The van der Waals surface area contributed by atoms with Crippen molar-refractivity contribution in [3.63, 3.8) is 0 Å². The van der Waals surface area contributed by atoms with Crippen molar-refractivity contribution in [3.8, 4) is 6.07 Å². The minimum Gasteiger partial charge on any atom is -0.396 e. The summed E-state index contributed by atoms with van der Waals surface area (Å²) in [6.07, 6.45) is 6.87. The van der Waals surface area contributed by atoms with Crippen LogP contribution in [0.3, 0.4) is 0 Å². The summed E-state index contributed by atoms with van der Waals surface area (Å²) in [4.78, 5) is 17.8. The average Bonchev–Trinajstić information content (AvgIpc) is 3.38. The number of pyridine rings is 1. The van der Waals surface area contributed by atoms with Crippen LogP contribution in [0.5, 0.6) is 0 Å². The summed E-state index contributed by atoms with van der Waals surface area (Å²) < 4.78 is 0. The van der Waals surface area contributed by atoms with Gasteiger partial charge in [0.05, 0.1) is 5.56 Å². The molecule has 2 aromatic heterocycles. The summed E-state index contributed by atoms with van der Waals surface area (Å²) in [5.74, 6) is 0.440. The number of fused-ring (bicyclic) bond motifs is 1. The van der Waals surface area contributed by atoms with Crippen molar-refractivity contribution in [1.82, 2.24) is 4.98 Å². The third-order valence-electron chi connectivity index (χ3n) is 5.21. The van der Waals surface area contributed by atoms with Gasteiger partial charge in [-0.15, -0.1) is 11.3 Å². The average molecular weight is 353 g/mol. The quantitative estimate of drug-likeness (QED) is 0.885. The van der Waals surface area contributed by atoms with Crippen molar-refractivity contribution >= 4 is 22.2 Å². The number of rotatable bonds is 4. The maximum Gasteiger partial charge on any atom is 0.228 e. The number of aromatic nitrogens is 1. The zero-order chi connectivity index (χ0) is 17.4. The molecule has 25 heavy (non-hydrogen) atoms. The summed E-state index contributed by atoms with van der Waals surface area (Å²) in [5, 5.41) is 22.6. The van der Waals surface area contributed by atoms with Crippen molar-refractivity contribution in [3.05, 3.63) is 46.1 Å². The second-order valence-electron chi connectivity index (χ2n) is 6.84. The molecular weight excluding hydrogens is 334 g/mol. The maximum atomic E-state index is 12.6. The highest BCUT2D eigenvalue weighted by atomic mass is 32.1. The Morgan fingerprint density at radius 3 is 3.12 bits per heavy atom. The van der Waals surface area contributed by atoms with E-state index in [9.17, 15) is 15.2 Å². The molecule has 2 aliphatic rings. The van der Waals surface area contributed by atoms with Gasteiger partial charge in [0.2, 0.25) is 5.91 Å². The Hall–Kier alpha value is -2.23. The number of nitrogens with one attached hydrogen (secondary N) is 1. The van der Waals surface area contributed by atoms with Crippen LogP contribution >= 0.6 is 11.3 Å². The largest absolute Gasteiger partial charge is 0.396 e. The monoisotopic (exact) mass is 353 g/mol. The predicted octanol–water partition coefficient (Wildman–Crippen LogP) is 2.85. The Bertz CT molecular complexity index is 840. The lowest BCUT2D eigenvalue weighted by Gasteiger charge is -2.19. The Morgan fingerprint density at radius 2 is 2.40 bits per heavy atom. The summed E-state index contributed by atoms with van der Waals surface area (Å²) in [6, 6.07) is 6.16. The molecule has 3 atom stereocenters. The molecule has 2 aromatic rings. The molecule has 2 aliphatic carbocycles. The summed E-state index contributed by atoms with van der Waals surface area (Å²) in [5.41, 5.74) is 2.77. The molecule has 128 valence electrons. The number of carbonyl (C=O) groups excluding carboxylic acids is 1. The lowest BCUT2D eigenvalue weighted by Crippen LogP contribution is -2.16. The van der Waals surface area contributed by atoms with Crippen LogP contribution in [0.1, 0.15) is 40.3 Å². The van der Waals surface area contributed by atoms with Gasteiger partial charge in [0, 0.05) is 29.8 Å². The van der Waals surface area contributed by atoms with Crippen LogP contribution in [0.2, 0.25) is 0 Å². The van der Waals surface area contributed by atoms with E-state index in [-0.39, 0.29) is 30.3 Å². The molecule has 1 fully saturated rings. The minimum absolute atomic E-state index is 0.0114. The normalized spacial score (nSPS) is 24.2. The second kappa shape index (κ2) is 6.58. The molecule has 0 aromatic carbocycles. The number of hydrogen-bond acceptors (Lipinski definition) is 5. The molecule has 2 heterocycles. The number of aliphatic hydroxyl groups excluding tert-OH is 1. The van der Waals surface area contributed by atoms with Crippen molar-refractivity contribution in [2.45, 2.75) is 31.6 Å². The summed E-state index contributed by atoms with van der Waals surface area (Å²) >= 11 is 1.50.